The first-order valence-corrected chi connectivity index (χ1v) is 5.92. The van der Waals surface area contributed by atoms with E-state index in [0.29, 0.717) is 5.92 Å². The number of hydrogen-bond donors (Lipinski definition) is 1. The van der Waals surface area contributed by atoms with Crippen molar-refractivity contribution in [2.24, 2.45) is 11.7 Å². The molecule has 1 aromatic rings. The van der Waals surface area contributed by atoms with Crippen molar-refractivity contribution in [1.29, 1.82) is 0 Å². The van der Waals surface area contributed by atoms with Gasteiger partial charge in [0.05, 0.1) is 6.20 Å². The van der Waals surface area contributed by atoms with Crippen LogP contribution < -0.4 is 5.73 Å². The van der Waals surface area contributed by atoms with E-state index in [1.807, 2.05) is 6.20 Å². The van der Waals surface area contributed by atoms with Crippen molar-refractivity contribution >= 4 is 0 Å². The number of aromatic nitrogens is 2. The smallest absolute Gasteiger partial charge is 0.0524 e. The maximum absolute atomic E-state index is 5.54. The molecule has 3 heteroatoms. The van der Waals surface area contributed by atoms with Crippen LogP contribution in [-0.4, -0.2) is 16.3 Å². The summed E-state index contributed by atoms with van der Waals surface area (Å²) in [5, 5.41) is 4.42. The van der Waals surface area contributed by atoms with Gasteiger partial charge in [-0.25, -0.2) is 0 Å². The lowest BCUT2D eigenvalue weighted by Crippen LogP contribution is -2.08. The first-order valence-electron chi connectivity index (χ1n) is 5.92. The summed E-state index contributed by atoms with van der Waals surface area (Å²) in [4.78, 5) is 0. The maximum Gasteiger partial charge on any atom is 0.0524 e. The number of aryl methyl sites for hydroxylation is 2. The van der Waals surface area contributed by atoms with E-state index in [-0.39, 0.29) is 0 Å². The van der Waals surface area contributed by atoms with Crippen LogP contribution in [0.3, 0.4) is 0 Å². The van der Waals surface area contributed by atoms with Crippen molar-refractivity contribution in [2.45, 2.75) is 46.6 Å². The monoisotopic (exact) mass is 209 g/mol. The highest BCUT2D eigenvalue weighted by molar-refractivity contribution is 5.18. The van der Waals surface area contributed by atoms with E-state index >= 15 is 0 Å². The van der Waals surface area contributed by atoms with E-state index in [9.17, 15) is 0 Å². The zero-order valence-electron chi connectivity index (χ0n) is 10.2. The summed E-state index contributed by atoms with van der Waals surface area (Å²) in [7, 11) is 0. The summed E-state index contributed by atoms with van der Waals surface area (Å²) in [5.41, 5.74) is 8.33. The highest BCUT2D eigenvalue weighted by Crippen LogP contribution is 2.15. The lowest BCUT2D eigenvalue weighted by Gasteiger charge is -2.10. The van der Waals surface area contributed by atoms with E-state index in [1.165, 1.54) is 11.3 Å². The molecule has 1 heterocycles. The van der Waals surface area contributed by atoms with E-state index in [2.05, 4.69) is 30.6 Å². The van der Waals surface area contributed by atoms with Crippen LogP contribution in [0.1, 0.15) is 38.4 Å². The van der Waals surface area contributed by atoms with Gasteiger partial charge in [-0.2, -0.15) is 5.10 Å². The third-order valence-corrected chi connectivity index (χ3v) is 2.59. The minimum Gasteiger partial charge on any atom is -0.330 e. The van der Waals surface area contributed by atoms with E-state index in [1.54, 1.807) is 0 Å². The fourth-order valence-corrected chi connectivity index (χ4v) is 1.85. The summed E-state index contributed by atoms with van der Waals surface area (Å²) in [6.07, 6.45) is 5.25. The van der Waals surface area contributed by atoms with Crippen LogP contribution in [0.4, 0.5) is 0 Å². The molecule has 0 amide bonds. The zero-order valence-corrected chi connectivity index (χ0v) is 10.2. The molecule has 1 aromatic heterocycles. The Bertz CT molecular complexity index is 289. The summed E-state index contributed by atoms with van der Waals surface area (Å²) in [6, 6.07) is 0. The van der Waals surface area contributed by atoms with Gasteiger partial charge in [-0.1, -0.05) is 13.8 Å². The maximum atomic E-state index is 5.54. The van der Waals surface area contributed by atoms with Gasteiger partial charge in [0.1, 0.15) is 0 Å². The topological polar surface area (TPSA) is 43.8 Å². The predicted octanol–water partition coefficient (Wildman–Crippen LogP) is 1.99. The molecule has 0 fully saturated rings. The van der Waals surface area contributed by atoms with Crippen LogP contribution in [0.25, 0.3) is 0 Å². The van der Waals surface area contributed by atoms with Crippen LogP contribution in [0.5, 0.6) is 0 Å². The van der Waals surface area contributed by atoms with Gasteiger partial charge < -0.3 is 5.73 Å². The van der Waals surface area contributed by atoms with Gasteiger partial charge in [-0.05, 0) is 44.2 Å². The molecule has 3 nitrogen and oxygen atoms in total. The van der Waals surface area contributed by atoms with Crippen molar-refractivity contribution < 1.29 is 0 Å². The number of nitrogens with two attached hydrogens (primary N) is 1. The Hall–Kier alpha value is -0.830. The molecule has 0 atom stereocenters. The van der Waals surface area contributed by atoms with Gasteiger partial charge in [0.15, 0.2) is 0 Å². The third-order valence-electron chi connectivity index (χ3n) is 2.59. The van der Waals surface area contributed by atoms with Crippen molar-refractivity contribution in [2.75, 3.05) is 6.54 Å². The SMILES string of the molecule is CCn1ncc(CCCN)c1CC(C)C. The molecule has 0 aliphatic rings. The van der Waals surface area contributed by atoms with E-state index < -0.39 is 0 Å². The van der Waals surface area contributed by atoms with E-state index in [0.717, 1.165) is 32.4 Å². The van der Waals surface area contributed by atoms with Crippen molar-refractivity contribution in [3.8, 4) is 0 Å². The molecule has 0 radical (unpaired) electrons. The Kier molecular flexibility index (Phi) is 4.82. The molecule has 1 rings (SSSR count). The molecular formula is C12H23N3. The lowest BCUT2D eigenvalue weighted by atomic mass is 10.0. The Labute approximate surface area is 92.7 Å². The molecule has 15 heavy (non-hydrogen) atoms. The molecule has 0 saturated heterocycles. The van der Waals surface area contributed by atoms with Crippen molar-refractivity contribution in [3.05, 3.63) is 17.5 Å². The Morgan fingerprint density at radius 1 is 1.47 bits per heavy atom. The van der Waals surface area contributed by atoms with Crippen LogP contribution >= 0.6 is 0 Å². The third kappa shape index (κ3) is 3.34. The quantitative estimate of drug-likeness (QED) is 0.778. The lowest BCUT2D eigenvalue weighted by molar-refractivity contribution is 0.559. The standard InChI is InChI=1S/C12H23N3/c1-4-15-12(8-10(2)3)11(9-14-15)6-5-7-13/h9-10H,4-8,13H2,1-3H3. The number of hydrogen-bond acceptors (Lipinski definition) is 2. The highest BCUT2D eigenvalue weighted by atomic mass is 15.3. The first-order chi connectivity index (χ1) is 7.19. The molecule has 0 saturated carbocycles. The molecule has 0 unspecified atom stereocenters. The number of rotatable bonds is 6. The normalized spacial score (nSPS) is 11.3. The van der Waals surface area contributed by atoms with Gasteiger partial charge >= 0.3 is 0 Å². The summed E-state index contributed by atoms with van der Waals surface area (Å²) in [5.74, 6) is 0.684. The van der Waals surface area contributed by atoms with Gasteiger partial charge in [0, 0.05) is 12.2 Å². The van der Waals surface area contributed by atoms with Crippen LogP contribution in [0.15, 0.2) is 6.20 Å². The van der Waals surface area contributed by atoms with E-state index in [4.69, 9.17) is 5.73 Å². The molecule has 0 aliphatic heterocycles. The molecule has 0 aromatic carbocycles. The highest BCUT2D eigenvalue weighted by Gasteiger charge is 2.10. The van der Waals surface area contributed by atoms with Crippen molar-refractivity contribution in [3.63, 3.8) is 0 Å². The summed E-state index contributed by atoms with van der Waals surface area (Å²) >= 11 is 0. The van der Waals surface area contributed by atoms with Gasteiger partial charge in [0.25, 0.3) is 0 Å². The first kappa shape index (κ1) is 12.2. The minimum absolute atomic E-state index is 0.684. The summed E-state index contributed by atoms with van der Waals surface area (Å²) < 4.78 is 2.12. The summed E-state index contributed by atoms with van der Waals surface area (Å²) in [6.45, 7) is 8.37. The van der Waals surface area contributed by atoms with Crippen LogP contribution in [0.2, 0.25) is 0 Å². The van der Waals surface area contributed by atoms with Crippen LogP contribution in [0, 0.1) is 5.92 Å². The average molecular weight is 209 g/mol. The molecule has 86 valence electrons. The molecular weight excluding hydrogens is 186 g/mol. The molecule has 2 N–H and O–H groups in total. The van der Waals surface area contributed by atoms with Gasteiger partial charge in [-0.3, -0.25) is 4.68 Å². The Balaban J connectivity index is 2.80. The predicted molar refractivity (Wildman–Crippen MR) is 63.8 cm³/mol. The van der Waals surface area contributed by atoms with Crippen molar-refractivity contribution in [1.82, 2.24) is 9.78 Å². The van der Waals surface area contributed by atoms with Gasteiger partial charge in [0.2, 0.25) is 0 Å². The molecule has 0 bridgehead atoms. The largest absolute Gasteiger partial charge is 0.330 e. The fourth-order valence-electron chi connectivity index (χ4n) is 1.85. The van der Waals surface area contributed by atoms with Crippen LogP contribution in [-0.2, 0) is 19.4 Å². The average Bonchev–Trinajstić information content (AvgIpc) is 2.57. The fraction of sp³-hybridized carbons (Fsp3) is 0.750. The number of nitrogens with zero attached hydrogens (tertiary/aromatic N) is 2. The Morgan fingerprint density at radius 2 is 2.20 bits per heavy atom. The van der Waals surface area contributed by atoms with Gasteiger partial charge in [-0.15, -0.1) is 0 Å². The Morgan fingerprint density at radius 3 is 2.73 bits per heavy atom. The zero-order chi connectivity index (χ0) is 11.3. The second-order valence-corrected chi connectivity index (χ2v) is 4.42. The molecule has 0 aliphatic carbocycles. The molecule has 0 spiro atoms. The minimum atomic E-state index is 0.684. The second kappa shape index (κ2) is 5.91. The second-order valence-electron chi connectivity index (χ2n) is 4.42.